The average molecular weight is 485 g/mol. The first-order chi connectivity index (χ1) is 15.7. The number of carbonyl (C=O) groups is 2. The second kappa shape index (κ2) is 10.5. The smallest absolute Gasteiger partial charge is 0.338 e. The van der Waals surface area contributed by atoms with Gasteiger partial charge in [-0.05, 0) is 61.7 Å². The van der Waals surface area contributed by atoms with Crippen molar-refractivity contribution in [2.75, 3.05) is 29.5 Å². The van der Waals surface area contributed by atoms with Gasteiger partial charge in [-0.15, -0.1) is 11.8 Å². The Bertz CT molecular complexity index is 1260. The molecule has 0 saturated carbocycles. The number of anilines is 2. The van der Waals surface area contributed by atoms with Gasteiger partial charge in [-0.25, -0.2) is 13.2 Å². The zero-order chi connectivity index (χ0) is 24.0. The summed E-state index contributed by atoms with van der Waals surface area (Å²) in [5.41, 5.74) is 2.13. The lowest BCUT2D eigenvalue weighted by Gasteiger charge is -2.20. The number of esters is 1. The maximum Gasteiger partial charge on any atom is 0.338 e. The quantitative estimate of drug-likeness (QED) is 0.378. The number of amides is 1. The van der Waals surface area contributed by atoms with Crippen molar-refractivity contribution in [1.82, 2.24) is 0 Å². The van der Waals surface area contributed by atoms with E-state index in [0.29, 0.717) is 11.4 Å². The summed E-state index contributed by atoms with van der Waals surface area (Å²) in [5, 5.41) is 2.66. The predicted octanol–water partition coefficient (Wildman–Crippen LogP) is 4.34. The molecule has 0 aromatic heterocycles. The van der Waals surface area contributed by atoms with Gasteiger partial charge in [0.05, 0.1) is 16.1 Å². The number of rotatable bonds is 8. The molecule has 0 aliphatic carbocycles. The van der Waals surface area contributed by atoms with Gasteiger partial charge in [0, 0.05) is 17.6 Å². The third-order valence-corrected chi connectivity index (χ3v) is 7.32. The van der Waals surface area contributed by atoms with Crippen molar-refractivity contribution >= 4 is 45.0 Å². The van der Waals surface area contributed by atoms with Gasteiger partial charge < -0.3 is 10.1 Å². The molecule has 0 fully saturated rings. The zero-order valence-electron chi connectivity index (χ0n) is 18.4. The summed E-state index contributed by atoms with van der Waals surface area (Å²) < 4.78 is 32.3. The number of carbonyl (C=O) groups excluding carboxylic acids is 2. The molecule has 0 aliphatic rings. The molecule has 0 bridgehead atoms. The van der Waals surface area contributed by atoms with Gasteiger partial charge in [-0.2, -0.15) is 0 Å². The molecule has 3 aromatic rings. The fraction of sp³-hybridized carbons (Fsp3) is 0.167. The largest absolute Gasteiger partial charge is 0.452 e. The predicted molar refractivity (Wildman–Crippen MR) is 130 cm³/mol. The number of benzene rings is 3. The highest BCUT2D eigenvalue weighted by Crippen LogP contribution is 2.23. The lowest BCUT2D eigenvalue weighted by Crippen LogP contribution is -2.27. The molecule has 3 rings (SSSR count). The maximum atomic E-state index is 13.0. The molecular formula is C24H24N2O5S2. The van der Waals surface area contributed by atoms with Gasteiger partial charge in [0.15, 0.2) is 6.61 Å². The Morgan fingerprint density at radius 3 is 2.39 bits per heavy atom. The van der Waals surface area contributed by atoms with E-state index in [4.69, 9.17) is 4.74 Å². The van der Waals surface area contributed by atoms with Crippen LogP contribution >= 0.6 is 11.8 Å². The molecule has 0 unspecified atom stereocenters. The van der Waals surface area contributed by atoms with Crippen LogP contribution in [0.15, 0.2) is 82.6 Å². The van der Waals surface area contributed by atoms with Crippen molar-refractivity contribution < 1.29 is 22.7 Å². The number of hydrogen-bond acceptors (Lipinski definition) is 6. The average Bonchev–Trinajstić information content (AvgIpc) is 2.82. The molecule has 3 aromatic carbocycles. The first-order valence-corrected chi connectivity index (χ1v) is 12.6. The number of nitrogens with one attached hydrogen (secondary N) is 1. The monoisotopic (exact) mass is 484 g/mol. The lowest BCUT2D eigenvalue weighted by molar-refractivity contribution is -0.119. The number of sulfonamides is 1. The SMILES string of the molecule is CSc1cccc(NC(=O)COC(=O)c2cccc(S(=O)(=O)N(C)c3ccc(C)cc3)c2)c1. The second-order valence-electron chi connectivity index (χ2n) is 7.19. The summed E-state index contributed by atoms with van der Waals surface area (Å²) in [7, 11) is -2.45. The number of ether oxygens (including phenoxy) is 1. The Morgan fingerprint density at radius 2 is 1.70 bits per heavy atom. The minimum Gasteiger partial charge on any atom is -0.452 e. The number of hydrogen-bond donors (Lipinski definition) is 1. The third-order valence-electron chi connectivity index (χ3n) is 4.81. The van der Waals surface area contributed by atoms with Crippen molar-refractivity contribution in [3.63, 3.8) is 0 Å². The molecular weight excluding hydrogens is 460 g/mol. The highest BCUT2D eigenvalue weighted by molar-refractivity contribution is 7.98. The molecule has 9 heteroatoms. The summed E-state index contributed by atoms with van der Waals surface area (Å²) in [5.74, 6) is -1.29. The third kappa shape index (κ3) is 6.15. The highest BCUT2D eigenvalue weighted by atomic mass is 32.2. The maximum absolute atomic E-state index is 13.0. The second-order valence-corrected chi connectivity index (χ2v) is 10.0. The van der Waals surface area contributed by atoms with Gasteiger partial charge in [0.25, 0.3) is 15.9 Å². The van der Waals surface area contributed by atoms with Crippen molar-refractivity contribution in [3.8, 4) is 0 Å². The van der Waals surface area contributed by atoms with Crippen LogP contribution in [0.4, 0.5) is 11.4 Å². The number of thioether (sulfide) groups is 1. The Morgan fingerprint density at radius 1 is 1.00 bits per heavy atom. The molecule has 0 spiro atoms. The molecule has 0 radical (unpaired) electrons. The van der Waals surface area contributed by atoms with E-state index in [1.165, 1.54) is 31.3 Å². The van der Waals surface area contributed by atoms with Gasteiger partial charge in [0.1, 0.15) is 0 Å². The summed E-state index contributed by atoms with van der Waals surface area (Å²) >= 11 is 1.54. The zero-order valence-corrected chi connectivity index (χ0v) is 20.1. The summed E-state index contributed by atoms with van der Waals surface area (Å²) in [4.78, 5) is 25.5. The molecule has 0 heterocycles. The fourth-order valence-electron chi connectivity index (χ4n) is 2.95. The standard InChI is InChI=1S/C24H24N2O5S2/c1-17-10-12-20(13-11-17)26(2)33(29,30)22-9-4-6-18(14-22)24(28)31-16-23(27)25-19-7-5-8-21(15-19)32-3/h4-15H,16H2,1-3H3,(H,25,27). The van der Waals surface area contributed by atoms with Crippen LogP contribution in [0.1, 0.15) is 15.9 Å². The first kappa shape index (κ1) is 24.3. The Hall–Kier alpha value is -3.30. The topological polar surface area (TPSA) is 92.8 Å². The molecule has 1 amide bonds. The summed E-state index contributed by atoms with van der Waals surface area (Å²) in [6.45, 7) is 1.41. The van der Waals surface area contributed by atoms with Crippen molar-refractivity contribution in [2.45, 2.75) is 16.7 Å². The van der Waals surface area contributed by atoms with Crippen LogP contribution in [0.3, 0.4) is 0 Å². The van der Waals surface area contributed by atoms with Gasteiger partial charge >= 0.3 is 5.97 Å². The molecule has 0 aliphatic heterocycles. The Balaban J connectivity index is 1.67. The van der Waals surface area contributed by atoms with E-state index in [1.807, 2.05) is 43.5 Å². The molecule has 172 valence electrons. The van der Waals surface area contributed by atoms with Gasteiger partial charge in [-0.3, -0.25) is 9.10 Å². The fourth-order valence-corrected chi connectivity index (χ4v) is 4.65. The van der Waals surface area contributed by atoms with Crippen molar-refractivity contribution in [2.24, 2.45) is 0 Å². The highest BCUT2D eigenvalue weighted by Gasteiger charge is 2.23. The van der Waals surface area contributed by atoms with Crippen LogP contribution in [-0.2, 0) is 19.6 Å². The van der Waals surface area contributed by atoms with Crippen molar-refractivity contribution in [1.29, 1.82) is 0 Å². The Kier molecular flexibility index (Phi) is 7.78. The van der Waals surface area contributed by atoms with Crippen LogP contribution in [0.2, 0.25) is 0 Å². The number of nitrogens with zero attached hydrogens (tertiary/aromatic N) is 1. The van der Waals surface area contributed by atoms with E-state index in [2.05, 4.69) is 5.32 Å². The number of aryl methyl sites for hydroxylation is 1. The van der Waals surface area contributed by atoms with Gasteiger partial charge in [0.2, 0.25) is 0 Å². The van der Waals surface area contributed by atoms with Crippen LogP contribution < -0.4 is 9.62 Å². The van der Waals surface area contributed by atoms with E-state index < -0.39 is 28.5 Å². The van der Waals surface area contributed by atoms with E-state index in [-0.39, 0.29) is 10.5 Å². The normalized spacial score (nSPS) is 11.0. The van der Waals surface area contributed by atoms with Gasteiger partial charge in [-0.1, -0.05) is 29.8 Å². The summed E-state index contributed by atoms with van der Waals surface area (Å²) in [6, 6.07) is 19.9. The van der Waals surface area contributed by atoms with Crippen LogP contribution in [0.25, 0.3) is 0 Å². The van der Waals surface area contributed by atoms with Crippen LogP contribution in [-0.4, -0.2) is 40.2 Å². The minimum absolute atomic E-state index is 0.0329. The molecule has 0 atom stereocenters. The first-order valence-electron chi connectivity index (χ1n) is 9.97. The molecule has 0 saturated heterocycles. The molecule has 1 N–H and O–H groups in total. The summed E-state index contributed by atoms with van der Waals surface area (Å²) in [6.07, 6.45) is 1.93. The minimum atomic E-state index is -3.90. The molecule has 7 nitrogen and oxygen atoms in total. The van der Waals surface area contributed by atoms with Crippen LogP contribution in [0, 0.1) is 6.92 Å². The van der Waals surface area contributed by atoms with E-state index in [1.54, 1.807) is 30.0 Å². The molecule has 33 heavy (non-hydrogen) atoms. The van der Waals surface area contributed by atoms with E-state index >= 15 is 0 Å². The van der Waals surface area contributed by atoms with E-state index in [9.17, 15) is 18.0 Å². The van der Waals surface area contributed by atoms with Crippen LogP contribution in [0.5, 0.6) is 0 Å². The lowest BCUT2D eigenvalue weighted by atomic mass is 10.2. The van der Waals surface area contributed by atoms with E-state index in [0.717, 1.165) is 14.8 Å². The Labute approximate surface area is 197 Å². The van der Waals surface area contributed by atoms with Crippen molar-refractivity contribution in [3.05, 3.63) is 83.9 Å².